The van der Waals surface area contributed by atoms with Crippen LogP contribution in [0.2, 0.25) is 0 Å². The molecule has 0 spiro atoms. The molecule has 3 aromatic rings. The van der Waals surface area contributed by atoms with Crippen LogP contribution >= 0.6 is 0 Å². The lowest BCUT2D eigenvalue weighted by Crippen LogP contribution is -2.53. The summed E-state index contributed by atoms with van der Waals surface area (Å²) in [5, 5.41) is 24.1. The normalized spacial score (nSPS) is 12.8. The van der Waals surface area contributed by atoms with E-state index in [1.807, 2.05) is 42.5 Å². The van der Waals surface area contributed by atoms with Gasteiger partial charge in [-0.1, -0.05) is 66.7 Å². The molecule has 0 aliphatic rings. The zero-order valence-corrected chi connectivity index (χ0v) is 24.2. The lowest BCUT2D eigenvalue weighted by molar-refractivity contribution is -0.138. The number of hydrogen-bond donors (Lipinski definition) is 8. The van der Waals surface area contributed by atoms with Crippen molar-refractivity contribution >= 4 is 46.3 Å². The molecule has 44 heavy (non-hydrogen) atoms. The zero-order valence-electron chi connectivity index (χ0n) is 24.2. The predicted molar refractivity (Wildman–Crippen MR) is 168 cm³/mol. The molecule has 0 aliphatic carbocycles. The largest absolute Gasteiger partial charge is 0.481 e. The molecule has 0 saturated heterocycles. The number of primary amides is 1. The second kappa shape index (κ2) is 15.7. The van der Waals surface area contributed by atoms with Gasteiger partial charge in [-0.2, -0.15) is 0 Å². The smallest absolute Gasteiger partial charge is 0.303 e. The number of nitrogens with two attached hydrogens (primary N) is 4. The standard InChI is InChI=1S/C31H38N8O5/c32-27(33)20-9-7-18(8-10-20)16-23(22-12-11-19-4-1-2-5-21(19)17-22)29(43)39-25(13-14-26(40)41)30(44)38-24(28(34)42)6-3-15-37-31(35)36/h1-2,4-5,7-12,17,23-25H,3,6,13-16H2,(H3,32,33)(H2,34,42)(H,38,44)(H,39,43)(H,40,41)(H4,35,36,37)/t23-,24+,25+/m1/s1. The van der Waals surface area contributed by atoms with Gasteiger partial charge in [0.15, 0.2) is 5.96 Å². The number of amidine groups is 1. The van der Waals surface area contributed by atoms with Crippen LogP contribution in [0.5, 0.6) is 0 Å². The van der Waals surface area contributed by atoms with Crippen LogP contribution in [0.3, 0.4) is 0 Å². The highest BCUT2D eigenvalue weighted by Crippen LogP contribution is 2.26. The fourth-order valence-corrected chi connectivity index (χ4v) is 4.71. The number of nitrogens with zero attached hydrogens (tertiary/aromatic N) is 1. The van der Waals surface area contributed by atoms with Gasteiger partial charge >= 0.3 is 5.97 Å². The Morgan fingerprint density at radius 1 is 0.818 bits per heavy atom. The van der Waals surface area contributed by atoms with Crippen LogP contribution in [0.4, 0.5) is 0 Å². The van der Waals surface area contributed by atoms with Crippen LogP contribution in [0.25, 0.3) is 10.8 Å². The van der Waals surface area contributed by atoms with Crippen molar-refractivity contribution in [3.8, 4) is 0 Å². The van der Waals surface area contributed by atoms with Crippen molar-refractivity contribution in [2.75, 3.05) is 6.54 Å². The highest BCUT2D eigenvalue weighted by atomic mass is 16.4. The first-order chi connectivity index (χ1) is 20.9. The predicted octanol–water partition coefficient (Wildman–Crippen LogP) is 0.823. The van der Waals surface area contributed by atoms with Crippen molar-refractivity contribution in [3.63, 3.8) is 0 Å². The van der Waals surface area contributed by atoms with Crippen molar-refractivity contribution in [1.82, 2.24) is 10.6 Å². The molecule has 12 N–H and O–H groups in total. The number of amides is 3. The molecule has 0 aromatic heterocycles. The van der Waals surface area contributed by atoms with E-state index < -0.39 is 48.1 Å². The number of nitrogen functional groups attached to an aromatic ring is 1. The Morgan fingerprint density at radius 3 is 2.09 bits per heavy atom. The van der Waals surface area contributed by atoms with Gasteiger partial charge in [0, 0.05) is 18.5 Å². The summed E-state index contributed by atoms with van der Waals surface area (Å²) >= 11 is 0. The Bertz CT molecular complexity index is 1540. The third kappa shape index (κ3) is 9.82. The molecule has 3 amide bonds. The van der Waals surface area contributed by atoms with E-state index in [1.165, 1.54) is 0 Å². The van der Waals surface area contributed by atoms with Gasteiger partial charge in [-0.15, -0.1) is 0 Å². The molecule has 3 aromatic carbocycles. The number of carboxylic acid groups (broad SMARTS) is 1. The lowest BCUT2D eigenvalue weighted by Gasteiger charge is -2.24. The number of carbonyl (C=O) groups is 4. The van der Waals surface area contributed by atoms with Gasteiger partial charge in [-0.25, -0.2) is 0 Å². The molecule has 0 bridgehead atoms. The first-order valence-corrected chi connectivity index (χ1v) is 14.0. The Hall–Kier alpha value is -5.46. The van der Waals surface area contributed by atoms with Crippen LogP contribution in [0.1, 0.15) is 48.3 Å². The fourth-order valence-electron chi connectivity index (χ4n) is 4.71. The van der Waals surface area contributed by atoms with Crippen molar-refractivity contribution < 1.29 is 24.3 Å². The number of rotatable bonds is 16. The van der Waals surface area contributed by atoms with Gasteiger partial charge in [0.25, 0.3) is 0 Å². The van der Waals surface area contributed by atoms with Crippen LogP contribution in [-0.2, 0) is 25.6 Å². The third-order valence-electron chi connectivity index (χ3n) is 7.08. The highest BCUT2D eigenvalue weighted by Gasteiger charge is 2.30. The van der Waals surface area contributed by atoms with Gasteiger partial charge in [0.1, 0.15) is 17.9 Å². The summed E-state index contributed by atoms with van der Waals surface area (Å²) in [6.07, 6.45) is 0.0868. The average Bonchev–Trinajstić information content (AvgIpc) is 2.98. The summed E-state index contributed by atoms with van der Waals surface area (Å²) in [5.74, 6) is -4.17. The van der Waals surface area contributed by atoms with Gasteiger partial charge in [-0.3, -0.25) is 29.6 Å². The van der Waals surface area contributed by atoms with E-state index in [-0.39, 0.29) is 37.6 Å². The monoisotopic (exact) mass is 602 g/mol. The van der Waals surface area contributed by atoms with Crippen LogP contribution in [-0.4, -0.2) is 59.2 Å². The Kier molecular flexibility index (Phi) is 11.8. The number of aliphatic carboxylic acids is 1. The minimum absolute atomic E-state index is 0.0850. The molecule has 0 unspecified atom stereocenters. The van der Waals surface area contributed by atoms with Crippen molar-refractivity contribution in [2.45, 2.75) is 50.1 Å². The molecular formula is C31H38N8O5. The average molecular weight is 603 g/mol. The Morgan fingerprint density at radius 2 is 1.48 bits per heavy atom. The molecule has 232 valence electrons. The maximum absolute atomic E-state index is 13.9. The second-order valence-corrected chi connectivity index (χ2v) is 10.4. The molecule has 0 aliphatic heterocycles. The minimum atomic E-state index is -1.26. The molecule has 0 radical (unpaired) electrons. The first kappa shape index (κ1) is 33.0. The summed E-state index contributed by atoms with van der Waals surface area (Å²) in [7, 11) is 0. The summed E-state index contributed by atoms with van der Waals surface area (Å²) in [6.45, 7) is 0.210. The number of hydrogen-bond acceptors (Lipinski definition) is 6. The van der Waals surface area contributed by atoms with Crippen molar-refractivity contribution in [3.05, 3.63) is 83.4 Å². The Labute approximate surface area is 254 Å². The van der Waals surface area contributed by atoms with Gasteiger partial charge in [0.05, 0.1) is 5.92 Å². The maximum atomic E-state index is 13.9. The Balaban J connectivity index is 1.88. The van der Waals surface area contributed by atoms with E-state index in [2.05, 4.69) is 15.6 Å². The molecule has 0 fully saturated rings. The van der Waals surface area contributed by atoms with E-state index >= 15 is 0 Å². The number of nitrogens with one attached hydrogen (secondary N) is 3. The molecule has 3 atom stereocenters. The lowest BCUT2D eigenvalue weighted by atomic mass is 9.89. The van der Waals surface area contributed by atoms with E-state index in [0.29, 0.717) is 17.5 Å². The number of fused-ring (bicyclic) bond motifs is 1. The molecule has 13 heteroatoms. The summed E-state index contributed by atoms with van der Waals surface area (Å²) in [6, 6.07) is 17.9. The molecule has 3 rings (SSSR count). The molecule has 0 heterocycles. The SMILES string of the molecule is N=C(N)c1ccc(C[C@@H](C(=O)N[C@@H](CCC(=O)O)C(=O)N[C@@H](CCCN=C(N)N)C(N)=O)c2ccc3ccccc3c2)cc1. The summed E-state index contributed by atoms with van der Waals surface area (Å²) < 4.78 is 0. The number of carbonyl (C=O) groups excluding carboxylic acids is 3. The molecular weight excluding hydrogens is 564 g/mol. The van der Waals surface area contributed by atoms with Crippen LogP contribution in [0, 0.1) is 5.41 Å². The zero-order chi connectivity index (χ0) is 32.2. The maximum Gasteiger partial charge on any atom is 0.303 e. The van der Waals surface area contributed by atoms with E-state index in [9.17, 15) is 24.3 Å². The quantitative estimate of drug-likeness (QED) is 0.0660. The van der Waals surface area contributed by atoms with E-state index in [4.69, 9.17) is 28.3 Å². The number of aliphatic imine (C=N–C) groups is 1. The number of guanidine groups is 1. The minimum Gasteiger partial charge on any atom is -0.481 e. The van der Waals surface area contributed by atoms with Crippen LogP contribution < -0.4 is 33.6 Å². The third-order valence-corrected chi connectivity index (χ3v) is 7.08. The highest BCUT2D eigenvalue weighted by molar-refractivity contribution is 5.95. The van der Waals surface area contributed by atoms with Gasteiger partial charge < -0.3 is 38.7 Å². The fraction of sp³-hybridized carbons (Fsp3) is 0.290. The van der Waals surface area contributed by atoms with E-state index in [1.54, 1.807) is 24.3 Å². The number of carboxylic acids is 1. The second-order valence-electron chi connectivity index (χ2n) is 10.4. The van der Waals surface area contributed by atoms with Crippen molar-refractivity contribution in [2.24, 2.45) is 27.9 Å². The number of benzene rings is 3. The van der Waals surface area contributed by atoms with E-state index in [0.717, 1.165) is 16.3 Å². The molecule has 13 nitrogen and oxygen atoms in total. The van der Waals surface area contributed by atoms with Crippen molar-refractivity contribution in [1.29, 1.82) is 5.41 Å². The first-order valence-electron chi connectivity index (χ1n) is 14.0. The summed E-state index contributed by atoms with van der Waals surface area (Å²) in [5.41, 5.74) is 23.7. The summed E-state index contributed by atoms with van der Waals surface area (Å²) in [4.78, 5) is 54.5. The topological polar surface area (TPSA) is 253 Å². The molecule has 0 saturated carbocycles. The van der Waals surface area contributed by atoms with Gasteiger partial charge in [-0.05, 0) is 47.6 Å². The van der Waals surface area contributed by atoms with Gasteiger partial charge in [0.2, 0.25) is 17.7 Å². The van der Waals surface area contributed by atoms with Crippen LogP contribution in [0.15, 0.2) is 71.7 Å².